The van der Waals surface area contributed by atoms with E-state index in [4.69, 9.17) is 5.73 Å². The average Bonchev–Trinajstić information content (AvgIpc) is 2.58. The molecule has 0 bridgehead atoms. The van der Waals surface area contributed by atoms with Crippen LogP contribution in [0.3, 0.4) is 0 Å². The minimum atomic E-state index is 0.452. The van der Waals surface area contributed by atoms with Crippen LogP contribution >= 0.6 is 0 Å². The third-order valence-electron chi connectivity index (χ3n) is 4.69. The summed E-state index contributed by atoms with van der Waals surface area (Å²) in [6.45, 7) is 4.48. The zero-order valence-corrected chi connectivity index (χ0v) is 16.8. The number of unbranched alkanes of at least 4 members (excludes halogenated alkanes) is 10. The predicted molar refractivity (Wildman–Crippen MR) is 111 cm³/mol. The maximum absolute atomic E-state index is 6.04. The van der Waals surface area contributed by atoms with Crippen molar-refractivity contribution in [3.8, 4) is 0 Å². The molecule has 142 valence electrons. The summed E-state index contributed by atoms with van der Waals surface area (Å²) >= 11 is 0. The number of hydrogen-bond donors (Lipinski definition) is 1. The van der Waals surface area contributed by atoms with Crippen molar-refractivity contribution >= 4 is 0 Å². The molecule has 0 radical (unpaired) electrons. The lowest BCUT2D eigenvalue weighted by atomic mass is 10.0. The molecule has 0 aliphatic carbocycles. The molecule has 0 amide bonds. The molecular formula is C23H45N. The molecule has 0 aromatic heterocycles. The molecule has 0 aliphatic heterocycles. The summed E-state index contributed by atoms with van der Waals surface area (Å²) in [5, 5.41) is 0. The quantitative estimate of drug-likeness (QED) is 0.201. The van der Waals surface area contributed by atoms with Gasteiger partial charge < -0.3 is 5.73 Å². The van der Waals surface area contributed by atoms with Gasteiger partial charge in [0.05, 0.1) is 0 Å². The van der Waals surface area contributed by atoms with Gasteiger partial charge in [0.25, 0.3) is 0 Å². The number of allylic oxidation sites excluding steroid dienone is 4. The van der Waals surface area contributed by atoms with Crippen LogP contribution in [0.5, 0.6) is 0 Å². The maximum Gasteiger partial charge on any atom is 0.00387 e. The van der Waals surface area contributed by atoms with Gasteiger partial charge in [-0.2, -0.15) is 0 Å². The van der Waals surface area contributed by atoms with E-state index in [-0.39, 0.29) is 0 Å². The first-order valence-corrected chi connectivity index (χ1v) is 10.9. The minimum Gasteiger partial charge on any atom is -0.328 e. The van der Waals surface area contributed by atoms with Crippen molar-refractivity contribution in [3.63, 3.8) is 0 Å². The summed E-state index contributed by atoms with van der Waals surface area (Å²) in [7, 11) is 0. The normalized spacial score (nSPS) is 13.3. The Labute approximate surface area is 153 Å². The van der Waals surface area contributed by atoms with Crippen LogP contribution in [-0.4, -0.2) is 6.04 Å². The highest BCUT2D eigenvalue weighted by molar-refractivity contribution is 4.92. The minimum absolute atomic E-state index is 0.452. The first kappa shape index (κ1) is 23.4. The highest BCUT2D eigenvalue weighted by Crippen LogP contribution is 2.12. The summed E-state index contributed by atoms with van der Waals surface area (Å²) in [6, 6.07) is 0.452. The van der Waals surface area contributed by atoms with Crippen molar-refractivity contribution in [2.75, 3.05) is 0 Å². The van der Waals surface area contributed by atoms with Crippen molar-refractivity contribution in [2.24, 2.45) is 5.73 Å². The predicted octanol–water partition coefficient (Wildman–Crippen LogP) is 7.71. The van der Waals surface area contributed by atoms with E-state index in [0.717, 1.165) is 6.42 Å². The van der Waals surface area contributed by atoms with Crippen molar-refractivity contribution < 1.29 is 0 Å². The first-order valence-electron chi connectivity index (χ1n) is 10.9. The Morgan fingerprint density at radius 2 is 1.12 bits per heavy atom. The molecular weight excluding hydrogens is 290 g/mol. The van der Waals surface area contributed by atoms with Crippen LogP contribution in [-0.2, 0) is 0 Å². The van der Waals surface area contributed by atoms with Crippen LogP contribution in [0.4, 0.5) is 0 Å². The van der Waals surface area contributed by atoms with Crippen LogP contribution in [0.1, 0.15) is 117 Å². The molecule has 0 rings (SSSR count). The van der Waals surface area contributed by atoms with Crippen LogP contribution in [0.15, 0.2) is 24.3 Å². The van der Waals surface area contributed by atoms with Gasteiger partial charge in [-0.25, -0.2) is 0 Å². The Bertz CT molecular complexity index is 280. The van der Waals surface area contributed by atoms with E-state index >= 15 is 0 Å². The van der Waals surface area contributed by atoms with Crippen LogP contribution in [0.25, 0.3) is 0 Å². The Kier molecular flexibility index (Phi) is 20.0. The third-order valence-corrected chi connectivity index (χ3v) is 4.69. The lowest BCUT2D eigenvalue weighted by Gasteiger charge is -2.09. The summed E-state index contributed by atoms with van der Waals surface area (Å²) in [5.41, 5.74) is 6.04. The van der Waals surface area contributed by atoms with E-state index in [0.29, 0.717) is 6.04 Å². The van der Waals surface area contributed by atoms with Crippen molar-refractivity contribution in [1.82, 2.24) is 0 Å². The molecule has 0 spiro atoms. The van der Waals surface area contributed by atoms with Gasteiger partial charge in [0.15, 0.2) is 0 Å². The second kappa shape index (κ2) is 20.5. The lowest BCUT2D eigenvalue weighted by Crippen LogP contribution is -2.18. The summed E-state index contributed by atoms with van der Waals surface area (Å²) in [6.07, 6.45) is 30.4. The van der Waals surface area contributed by atoms with Crippen molar-refractivity contribution in [1.29, 1.82) is 0 Å². The van der Waals surface area contributed by atoms with Gasteiger partial charge in [0.1, 0.15) is 0 Å². The summed E-state index contributed by atoms with van der Waals surface area (Å²) < 4.78 is 0. The first-order chi connectivity index (χ1) is 11.8. The Morgan fingerprint density at radius 1 is 0.583 bits per heavy atom. The largest absolute Gasteiger partial charge is 0.328 e. The fourth-order valence-electron chi connectivity index (χ4n) is 3.09. The molecule has 0 heterocycles. The fraction of sp³-hybridized carbons (Fsp3) is 0.826. The highest BCUT2D eigenvalue weighted by Gasteiger charge is 2.00. The zero-order valence-electron chi connectivity index (χ0n) is 16.8. The Balaban J connectivity index is 3.18. The molecule has 0 fully saturated rings. The van der Waals surface area contributed by atoms with Gasteiger partial charge in [-0.3, -0.25) is 0 Å². The number of rotatable bonds is 18. The topological polar surface area (TPSA) is 26.0 Å². The molecule has 0 aromatic rings. The monoisotopic (exact) mass is 335 g/mol. The second-order valence-corrected chi connectivity index (χ2v) is 7.28. The molecule has 1 unspecified atom stereocenters. The van der Waals surface area contributed by atoms with E-state index < -0.39 is 0 Å². The van der Waals surface area contributed by atoms with Crippen LogP contribution in [0, 0.1) is 0 Å². The molecule has 2 N–H and O–H groups in total. The lowest BCUT2D eigenvalue weighted by molar-refractivity contribution is 0.505. The van der Waals surface area contributed by atoms with E-state index in [1.807, 2.05) is 0 Å². The van der Waals surface area contributed by atoms with E-state index in [1.165, 1.54) is 96.3 Å². The Morgan fingerprint density at radius 3 is 1.71 bits per heavy atom. The molecule has 24 heavy (non-hydrogen) atoms. The highest BCUT2D eigenvalue weighted by atomic mass is 14.6. The van der Waals surface area contributed by atoms with Crippen LogP contribution in [0.2, 0.25) is 0 Å². The third kappa shape index (κ3) is 19.5. The van der Waals surface area contributed by atoms with E-state index in [2.05, 4.69) is 38.2 Å². The van der Waals surface area contributed by atoms with Gasteiger partial charge >= 0.3 is 0 Å². The zero-order chi connectivity index (χ0) is 17.7. The molecule has 0 saturated carbocycles. The number of nitrogens with two attached hydrogens (primary N) is 1. The molecule has 1 heteroatoms. The van der Waals surface area contributed by atoms with Crippen molar-refractivity contribution in [2.45, 2.75) is 123 Å². The van der Waals surface area contributed by atoms with E-state index in [9.17, 15) is 0 Å². The standard InChI is InChI=1S/C23H45N/c1-3-5-6-7-8-9-10-11-12-13-14-15-16-17-18-19-20-22-23(24)21-4-2/h8-9,11-12,23H,3-7,10,13-22,24H2,1-2H3. The fourth-order valence-corrected chi connectivity index (χ4v) is 3.09. The van der Waals surface area contributed by atoms with Gasteiger partial charge in [0.2, 0.25) is 0 Å². The smallest absolute Gasteiger partial charge is 0.00387 e. The molecule has 0 aliphatic rings. The van der Waals surface area contributed by atoms with Gasteiger partial charge in [-0.15, -0.1) is 0 Å². The van der Waals surface area contributed by atoms with Gasteiger partial charge in [-0.05, 0) is 44.9 Å². The molecule has 1 nitrogen and oxygen atoms in total. The maximum atomic E-state index is 6.04. The SMILES string of the molecule is CCCCCC=CCC=CCCCCCCCCCC(N)CCC. The van der Waals surface area contributed by atoms with E-state index in [1.54, 1.807) is 0 Å². The summed E-state index contributed by atoms with van der Waals surface area (Å²) in [4.78, 5) is 0. The molecule has 1 atom stereocenters. The molecule has 0 aromatic carbocycles. The number of hydrogen-bond acceptors (Lipinski definition) is 1. The van der Waals surface area contributed by atoms with Gasteiger partial charge in [-0.1, -0.05) is 95.9 Å². The van der Waals surface area contributed by atoms with Crippen molar-refractivity contribution in [3.05, 3.63) is 24.3 Å². The second-order valence-electron chi connectivity index (χ2n) is 7.28. The van der Waals surface area contributed by atoms with Crippen LogP contribution < -0.4 is 5.73 Å². The average molecular weight is 336 g/mol. The summed E-state index contributed by atoms with van der Waals surface area (Å²) in [5.74, 6) is 0. The Hall–Kier alpha value is -0.560. The van der Waals surface area contributed by atoms with Gasteiger partial charge in [0, 0.05) is 6.04 Å². The molecule has 0 saturated heterocycles.